The first-order chi connectivity index (χ1) is 14.1. The summed E-state index contributed by atoms with van der Waals surface area (Å²) in [4.78, 5) is 16.9. The molecule has 1 heterocycles. The Labute approximate surface area is 170 Å². The van der Waals surface area contributed by atoms with Gasteiger partial charge in [-0.2, -0.15) is 4.98 Å². The van der Waals surface area contributed by atoms with Crippen molar-refractivity contribution < 1.29 is 0 Å². The lowest BCUT2D eigenvalue weighted by Gasteiger charge is -2.32. The first-order valence-corrected chi connectivity index (χ1v) is 9.67. The number of benzene rings is 3. The summed E-state index contributed by atoms with van der Waals surface area (Å²) in [6.07, 6.45) is 0. The van der Waals surface area contributed by atoms with E-state index in [0.717, 1.165) is 16.9 Å². The molecule has 0 saturated carbocycles. The van der Waals surface area contributed by atoms with Crippen LogP contribution in [0.3, 0.4) is 0 Å². The predicted molar refractivity (Wildman–Crippen MR) is 118 cm³/mol. The predicted octanol–water partition coefficient (Wildman–Crippen LogP) is 5.00. The zero-order valence-electron chi connectivity index (χ0n) is 16.6. The van der Waals surface area contributed by atoms with Crippen molar-refractivity contribution in [1.82, 2.24) is 9.66 Å². The van der Waals surface area contributed by atoms with Crippen LogP contribution in [0.1, 0.15) is 17.0 Å². The van der Waals surface area contributed by atoms with Gasteiger partial charge >= 0.3 is 0 Å². The largest absolute Gasteiger partial charge is 0.276 e. The normalized spacial score (nSPS) is 10.7. The third-order valence-electron chi connectivity index (χ3n) is 4.98. The second kappa shape index (κ2) is 8.15. The van der Waals surface area contributed by atoms with E-state index in [4.69, 9.17) is 0 Å². The Balaban J connectivity index is 1.98. The zero-order chi connectivity index (χ0) is 20.2. The maximum absolute atomic E-state index is 12.6. The van der Waals surface area contributed by atoms with Gasteiger partial charge in [-0.3, -0.25) is 9.80 Å². The molecule has 4 nitrogen and oxygen atoms in total. The van der Waals surface area contributed by atoms with Gasteiger partial charge in [-0.05, 0) is 31.5 Å². The van der Waals surface area contributed by atoms with E-state index in [1.807, 2.05) is 80.6 Å². The van der Waals surface area contributed by atoms with Crippen LogP contribution in [0.5, 0.6) is 0 Å². The maximum Gasteiger partial charge on any atom is 0.276 e. The minimum Gasteiger partial charge on any atom is -0.275 e. The van der Waals surface area contributed by atoms with Crippen molar-refractivity contribution in [3.63, 3.8) is 0 Å². The number of para-hydroxylation sites is 1. The number of rotatable bonds is 5. The van der Waals surface area contributed by atoms with Crippen LogP contribution in [0.4, 0.5) is 5.69 Å². The van der Waals surface area contributed by atoms with Crippen LogP contribution in [0.25, 0.3) is 11.3 Å². The Morgan fingerprint density at radius 3 is 1.97 bits per heavy atom. The highest BCUT2D eigenvalue weighted by Gasteiger charge is 2.20. The second-order valence-corrected chi connectivity index (χ2v) is 6.99. The second-order valence-electron chi connectivity index (χ2n) is 6.99. The lowest BCUT2D eigenvalue weighted by molar-refractivity contribution is 0.646. The number of hydrogen-bond acceptors (Lipinski definition) is 3. The van der Waals surface area contributed by atoms with Gasteiger partial charge in [0.05, 0.1) is 17.9 Å². The molecule has 0 spiro atoms. The van der Waals surface area contributed by atoms with Crippen LogP contribution >= 0.6 is 0 Å². The molecule has 0 aliphatic carbocycles. The van der Waals surface area contributed by atoms with Crippen LogP contribution < -0.4 is 10.6 Å². The van der Waals surface area contributed by atoms with Gasteiger partial charge in [0.1, 0.15) is 5.82 Å². The lowest BCUT2D eigenvalue weighted by atomic mass is 10.1. The highest BCUT2D eigenvalue weighted by molar-refractivity contribution is 5.65. The summed E-state index contributed by atoms with van der Waals surface area (Å²) in [5, 5.41) is 2.17. The van der Waals surface area contributed by atoms with E-state index >= 15 is 0 Å². The fourth-order valence-electron chi connectivity index (χ4n) is 3.56. The van der Waals surface area contributed by atoms with Crippen molar-refractivity contribution in [3.05, 3.63) is 118 Å². The molecular weight excluding hydrogens is 358 g/mol. The molecule has 29 heavy (non-hydrogen) atoms. The molecule has 144 valence electrons. The van der Waals surface area contributed by atoms with Crippen molar-refractivity contribution >= 4 is 5.69 Å². The highest BCUT2D eigenvalue weighted by atomic mass is 16.1. The van der Waals surface area contributed by atoms with E-state index in [9.17, 15) is 4.79 Å². The standard InChI is InChI=1S/C25H23N3O/c1-19-24(22-14-8-4-9-15-22)28(20(2)26-25(19)29)27(23-16-10-5-11-17-23)18-21-12-6-3-7-13-21/h3-17H,18H2,1-2H3. The fourth-order valence-corrected chi connectivity index (χ4v) is 3.56. The molecule has 0 aliphatic heterocycles. The van der Waals surface area contributed by atoms with Gasteiger partial charge in [0.25, 0.3) is 5.56 Å². The summed E-state index contributed by atoms with van der Waals surface area (Å²) >= 11 is 0. The van der Waals surface area contributed by atoms with Crippen molar-refractivity contribution in [1.29, 1.82) is 0 Å². The third-order valence-corrected chi connectivity index (χ3v) is 4.98. The Morgan fingerprint density at radius 1 is 0.793 bits per heavy atom. The smallest absolute Gasteiger partial charge is 0.275 e. The SMILES string of the molecule is Cc1c(-c2ccccc2)n(N(Cc2ccccc2)c2ccccc2)c(C)nc1=O. The van der Waals surface area contributed by atoms with Crippen LogP contribution in [0.15, 0.2) is 95.8 Å². The summed E-state index contributed by atoms with van der Waals surface area (Å²) in [5.74, 6) is 0.652. The first kappa shape index (κ1) is 18.7. The molecule has 0 aliphatic rings. The third kappa shape index (κ3) is 3.83. The van der Waals surface area contributed by atoms with E-state index in [2.05, 4.69) is 38.9 Å². The highest BCUT2D eigenvalue weighted by Crippen LogP contribution is 2.27. The average Bonchev–Trinajstić information content (AvgIpc) is 2.77. The minimum atomic E-state index is -0.190. The lowest BCUT2D eigenvalue weighted by Crippen LogP contribution is -2.35. The number of nitrogens with zero attached hydrogens (tertiary/aromatic N) is 3. The molecule has 0 fully saturated rings. The van der Waals surface area contributed by atoms with E-state index in [0.29, 0.717) is 17.9 Å². The molecule has 3 aromatic carbocycles. The summed E-state index contributed by atoms with van der Waals surface area (Å²) in [7, 11) is 0. The maximum atomic E-state index is 12.6. The van der Waals surface area contributed by atoms with Gasteiger partial charge in [-0.1, -0.05) is 78.9 Å². The monoisotopic (exact) mass is 381 g/mol. The van der Waals surface area contributed by atoms with Crippen molar-refractivity contribution in [2.24, 2.45) is 0 Å². The van der Waals surface area contributed by atoms with E-state index in [-0.39, 0.29) is 5.56 Å². The molecule has 0 N–H and O–H groups in total. The van der Waals surface area contributed by atoms with Gasteiger partial charge in [0.15, 0.2) is 0 Å². The number of anilines is 1. The molecule has 4 rings (SSSR count). The van der Waals surface area contributed by atoms with Gasteiger partial charge in [-0.15, -0.1) is 0 Å². The first-order valence-electron chi connectivity index (χ1n) is 9.67. The summed E-state index contributed by atoms with van der Waals surface area (Å²) < 4.78 is 2.06. The molecule has 0 radical (unpaired) electrons. The van der Waals surface area contributed by atoms with Crippen LogP contribution in [0.2, 0.25) is 0 Å². The Bertz CT molecular complexity index is 1150. The quantitative estimate of drug-likeness (QED) is 0.488. The molecule has 0 saturated heterocycles. The Hall–Kier alpha value is -3.66. The molecule has 0 amide bonds. The van der Waals surface area contributed by atoms with Gasteiger partial charge in [0, 0.05) is 11.1 Å². The molecular formula is C25H23N3O. The molecule has 4 aromatic rings. The van der Waals surface area contributed by atoms with Crippen molar-refractivity contribution in [2.45, 2.75) is 20.4 Å². The molecule has 1 aromatic heterocycles. The molecule has 0 atom stereocenters. The van der Waals surface area contributed by atoms with Crippen molar-refractivity contribution in [3.8, 4) is 11.3 Å². The minimum absolute atomic E-state index is 0.190. The fraction of sp³-hybridized carbons (Fsp3) is 0.120. The van der Waals surface area contributed by atoms with Gasteiger partial charge < -0.3 is 0 Å². The molecule has 4 heteroatoms. The topological polar surface area (TPSA) is 38.1 Å². The Kier molecular flexibility index (Phi) is 5.25. The van der Waals surface area contributed by atoms with Gasteiger partial charge in [-0.25, -0.2) is 4.68 Å². The van der Waals surface area contributed by atoms with E-state index in [1.165, 1.54) is 5.56 Å². The number of hydrogen-bond donors (Lipinski definition) is 0. The summed E-state index contributed by atoms with van der Waals surface area (Å²) in [5.41, 5.74) is 4.50. The van der Waals surface area contributed by atoms with E-state index < -0.39 is 0 Å². The van der Waals surface area contributed by atoms with E-state index in [1.54, 1.807) is 0 Å². The summed E-state index contributed by atoms with van der Waals surface area (Å²) in [6, 6.07) is 30.5. The van der Waals surface area contributed by atoms with Gasteiger partial charge in [0.2, 0.25) is 0 Å². The van der Waals surface area contributed by atoms with Crippen LogP contribution in [-0.4, -0.2) is 9.66 Å². The number of aryl methyl sites for hydroxylation is 1. The summed E-state index contributed by atoms with van der Waals surface area (Å²) in [6.45, 7) is 4.38. The number of aromatic nitrogens is 2. The zero-order valence-corrected chi connectivity index (χ0v) is 16.6. The van der Waals surface area contributed by atoms with Crippen LogP contribution in [0, 0.1) is 13.8 Å². The van der Waals surface area contributed by atoms with Crippen LogP contribution in [-0.2, 0) is 6.54 Å². The Morgan fingerprint density at radius 2 is 1.34 bits per heavy atom. The molecule has 0 bridgehead atoms. The average molecular weight is 381 g/mol. The van der Waals surface area contributed by atoms with Crippen molar-refractivity contribution in [2.75, 3.05) is 5.01 Å². The molecule has 0 unspecified atom stereocenters.